The van der Waals surface area contributed by atoms with Crippen LogP contribution in [0.3, 0.4) is 0 Å². The number of nitrogens with one attached hydrogen (secondary N) is 1. The number of hydrogen-bond acceptors (Lipinski definition) is 6. The van der Waals surface area contributed by atoms with E-state index in [-0.39, 0.29) is 23.9 Å². The van der Waals surface area contributed by atoms with Crippen LogP contribution in [0, 0.1) is 0 Å². The quantitative estimate of drug-likeness (QED) is 0.104. The average molecular weight is 757 g/mol. The summed E-state index contributed by atoms with van der Waals surface area (Å²) in [6.07, 6.45) is 4.32. The largest absolute Gasteiger partial charge is 0.493 e. The molecule has 0 radical (unpaired) electrons. The van der Waals surface area contributed by atoms with Gasteiger partial charge in [-0.1, -0.05) is 78.7 Å². The molecule has 6 rings (SSSR count). The monoisotopic (exact) mass is 756 g/mol. The molecule has 0 bridgehead atoms. The summed E-state index contributed by atoms with van der Waals surface area (Å²) < 4.78 is 38.5. The van der Waals surface area contributed by atoms with Crippen molar-refractivity contribution in [3.8, 4) is 5.75 Å². The van der Waals surface area contributed by atoms with Crippen LogP contribution in [0.15, 0.2) is 103 Å². The van der Waals surface area contributed by atoms with Gasteiger partial charge in [-0.25, -0.2) is 17.9 Å². The molecule has 2 heterocycles. The zero-order valence-electron chi connectivity index (χ0n) is 30.5. The van der Waals surface area contributed by atoms with Crippen molar-refractivity contribution in [3.05, 3.63) is 136 Å². The topological polar surface area (TPSA) is 104 Å². The summed E-state index contributed by atoms with van der Waals surface area (Å²) in [6.45, 7) is 2.90. The Hall–Kier alpha value is -4.19. The van der Waals surface area contributed by atoms with Crippen LogP contribution >= 0.6 is 11.6 Å². The maximum absolute atomic E-state index is 13.5. The number of likely N-dealkylation sites (N-methyl/N-ethyl adjacent to an activating group) is 1. The number of ether oxygens (including phenoxy) is 1. The highest BCUT2D eigenvalue weighted by atomic mass is 35.5. The molecule has 1 aromatic heterocycles. The number of halogens is 1. The van der Waals surface area contributed by atoms with Crippen LogP contribution in [0.25, 0.3) is 10.9 Å². The van der Waals surface area contributed by atoms with Crippen LogP contribution in [-0.2, 0) is 22.9 Å². The van der Waals surface area contributed by atoms with E-state index < -0.39 is 16.0 Å². The summed E-state index contributed by atoms with van der Waals surface area (Å²) in [7, 11) is 0.579. The van der Waals surface area contributed by atoms with Crippen LogP contribution in [0.2, 0.25) is 5.02 Å². The molecular formula is C42H49ClN4O5S. The minimum atomic E-state index is -3.55. The first-order chi connectivity index (χ1) is 25.6. The van der Waals surface area contributed by atoms with Crippen molar-refractivity contribution in [2.75, 3.05) is 52.6 Å². The first-order valence-electron chi connectivity index (χ1n) is 18.3. The van der Waals surface area contributed by atoms with Crippen molar-refractivity contribution < 1.29 is 23.1 Å². The number of rotatable bonds is 17. The number of carboxylic acid groups (broad SMARTS) is 1. The Morgan fingerprint density at radius 2 is 1.62 bits per heavy atom. The van der Waals surface area contributed by atoms with Crippen LogP contribution in [0.1, 0.15) is 58.0 Å². The van der Waals surface area contributed by atoms with E-state index >= 15 is 0 Å². The number of carbonyl (C=O) groups is 1. The van der Waals surface area contributed by atoms with E-state index in [1.54, 1.807) is 12.1 Å². The van der Waals surface area contributed by atoms with Gasteiger partial charge in [-0.15, -0.1) is 0 Å². The van der Waals surface area contributed by atoms with Gasteiger partial charge in [-0.05, 0) is 92.6 Å². The average Bonchev–Trinajstić information content (AvgIpc) is 3.43. The molecule has 0 saturated carbocycles. The number of hydrogen-bond donors (Lipinski definition) is 2. The third-order valence-electron chi connectivity index (χ3n) is 10.0. The van der Waals surface area contributed by atoms with Crippen LogP contribution in [0.5, 0.6) is 5.75 Å². The van der Waals surface area contributed by atoms with Crippen LogP contribution < -0.4 is 9.46 Å². The summed E-state index contributed by atoms with van der Waals surface area (Å²) >= 11 is 6.65. The minimum absolute atomic E-state index is 0.0492. The standard InChI is InChI=1S/C42H49ClN4O5S/c1-45(2)30-35-15-9-10-25-46(35)26-28-53(50,51)44-24-22-40-37(23-27-52-36-19-16-33(17-20-36)42(48)49)38-29-34(43)18-21-39(38)47(40)41(31-11-5-3-6-12-31)32-13-7-4-8-14-32/h3-8,11-14,16-21,29,35,41,44H,9-10,15,22-28,30H2,1-2H3,(H,48,49). The molecular weight excluding hydrogens is 708 g/mol. The van der Waals surface area contributed by atoms with Gasteiger partial charge in [0.25, 0.3) is 0 Å². The van der Waals surface area contributed by atoms with Gasteiger partial charge in [0.05, 0.1) is 24.0 Å². The summed E-state index contributed by atoms with van der Waals surface area (Å²) in [5.41, 5.74) is 5.40. The van der Waals surface area contributed by atoms with Crippen molar-refractivity contribution in [3.63, 3.8) is 0 Å². The number of aromatic carboxylic acids is 1. The van der Waals surface area contributed by atoms with E-state index in [0.29, 0.717) is 42.8 Å². The van der Waals surface area contributed by atoms with Crippen LogP contribution in [-0.4, -0.2) is 92.5 Å². The van der Waals surface area contributed by atoms with Gasteiger partial charge in [-0.3, -0.25) is 4.90 Å². The van der Waals surface area contributed by atoms with Gasteiger partial charge in [-0.2, -0.15) is 0 Å². The predicted octanol–water partition coefficient (Wildman–Crippen LogP) is 7.13. The van der Waals surface area contributed by atoms with Gasteiger partial charge in [0, 0.05) is 60.1 Å². The maximum Gasteiger partial charge on any atom is 0.335 e. The minimum Gasteiger partial charge on any atom is -0.493 e. The number of fused-ring (bicyclic) bond motifs is 1. The normalized spacial score (nSPS) is 15.4. The molecule has 9 nitrogen and oxygen atoms in total. The highest BCUT2D eigenvalue weighted by molar-refractivity contribution is 7.89. The number of carboxylic acids is 1. The summed E-state index contributed by atoms with van der Waals surface area (Å²) in [6, 6.07) is 33.1. The van der Waals surface area contributed by atoms with Crippen molar-refractivity contribution >= 4 is 38.5 Å². The molecule has 280 valence electrons. The molecule has 0 spiro atoms. The van der Waals surface area contributed by atoms with Crippen LogP contribution in [0.4, 0.5) is 0 Å². The lowest BCUT2D eigenvalue weighted by molar-refractivity contribution is 0.0696. The van der Waals surface area contributed by atoms with Crippen molar-refractivity contribution in [2.45, 2.75) is 44.2 Å². The number of likely N-dealkylation sites (tertiary alicyclic amines) is 1. The molecule has 1 aliphatic heterocycles. The fraction of sp³-hybridized carbons (Fsp3) is 0.357. The van der Waals surface area contributed by atoms with E-state index in [4.69, 9.17) is 16.3 Å². The first kappa shape index (κ1) is 38.5. The second-order valence-electron chi connectivity index (χ2n) is 14.0. The Morgan fingerprint density at radius 3 is 2.26 bits per heavy atom. The molecule has 0 aliphatic carbocycles. The highest BCUT2D eigenvalue weighted by Gasteiger charge is 2.27. The van der Waals surface area contributed by atoms with Gasteiger partial charge in [0.15, 0.2) is 0 Å². The molecule has 1 unspecified atom stereocenters. The first-order valence-corrected chi connectivity index (χ1v) is 20.4. The Morgan fingerprint density at radius 1 is 0.943 bits per heavy atom. The zero-order chi connectivity index (χ0) is 37.4. The predicted molar refractivity (Wildman–Crippen MR) is 213 cm³/mol. The Balaban J connectivity index is 1.32. The molecule has 1 atom stereocenters. The van der Waals surface area contributed by atoms with Crippen molar-refractivity contribution in [1.29, 1.82) is 0 Å². The fourth-order valence-corrected chi connectivity index (χ4v) is 8.80. The molecule has 5 aromatic rings. The van der Waals surface area contributed by atoms with Gasteiger partial charge < -0.3 is 19.3 Å². The van der Waals surface area contributed by atoms with E-state index in [1.165, 1.54) is 18.6 Å². The van der Waals surface area contributed by atoms with Gasteiger partial charge >= 0.3 is 5.97 Å². The molecule has 4 aromatic carbocycles. The van der Waals surface area contributed by atoms with E-state index in [9.17, 15) is 18.3 Å². The van der Waals surface area contributed by atoms with Crippen molar-refractivity contribution in [2.24, 2.45) is 0 Å². The highest BCUT2D eigenvalue weighted by Crippen LogP contribution is 2.38. The van der Waals surface area contributed by atoms with Gasteiger partial charge in [0.2, 0.25) is 10.0 Å². The molecule has 2 N–H and O–H groups in total. The second-order valence-corrected chi connectivity index (χ2v) is 16.4. The SMILES string of the molecule is CN(C)CC1CCCCN1CCS(=O)(=O)NCCc1c(CCOc2ccc(C(=O)O)cc2)c2cc(Cl)ccc2n1C(c1ccccc1)c1ccccc1. The molecule has 1 aliphatic rings. The van der Waals surface area contributed by atoms with Gasteiger partial charge in [0.1, 0.15) is 5.75 Å². The second kappa shape index (κ2) is 17.8. The zero-order valence-corrected chi connectivity index (χ0v) is 32.0. The number of benzene rings is 4. The third kappa shape index (κ3) is 9.87. The Bertz CT molecular complexity index is 2030. The van der Waals surface area contributed by atoms with E-state index in [1.807, 2.05) is 54.6 Å². The molecule has 53 heavy (non-hydrogen) atoms. The Labute approximate surface area is 318 Å². The number of piperidine rings is 1. The number of aromatic nitrogens is 1. The lowest BCUT2D eigenvalue weighted by atomic mass is 9.97. The third-order valence-corrected chi connectivity index (χ3v) is 11.6. The molecule has 1 fully saturated rings. The molecule has 0 amide bonds. The van der Waals surface area contributed by atoms with Crippen molar-refractivity contribution in [1.82, 2.24) is 19.1 Å². The molecule has 1 saturated heterocycles. The smallest absolute Gasteiger partial charge is 0.335 e. The molecule has 11 heteroatoms. The number of sulfonamides is 1. The fourth-order valence-electron chi connectivity index (χ4n) is 7.59. The maximum atomic E-state index is 13.5. The lowest BCUT2D eigenvalue weighted by Crippen LogP contribution is -2.47. The summed E-state index contributed by atoms with van der Waals surface area (Å²) in [4.78, 5) is 15.9. The summed E-state index contributed by atoms with van der Waals surface area (Å²) in [5, 5.41) is 10.9. The lowest BCUT2D eigenvalue weighted by Gasteiger charge is -2.37. The van der Waals surface area contributed by atoms with E-state index in [2.05, 4.69) is 57.4 Å². The Kier molecular flexibility index (Phi) is 12.9. The number of nitrogens with zero attached hydrogens (tertiary/aromatic N) is 3. The summed E-state index contributed by atoms with van der Waals surface area (Å²) in [5.74, 6) is -0.375. The van der Waals surface area contributed by atoms with E-state index in [0.717, 1.165) is 59.2 Å².